The second-order valence-corrected chi connectivity index (χ2v) is 3.99. The predicted octanol–water partition coefficient (Wildman–Crippen LogP) is 3.81. The van der Waals surface area contributed by atoms with Gasteiger partial charge in [-0.15, -0.1) is 0 Å². The van der Waals surface area contributed by atoms with Crippen LogP contribution in [0.2, 0.25) is 0 Å². The molecule has 0 aliphatic heterocycles. The highest BCUT2D eigenvalue weighted by Gasteiger charge is 2.07. The van der Waals surface area contributed by atoms with Gasteiger partial charge in [0.05, 0.1) is 0 Å². The van der Waals surface area contributed by atoms with Crippen LogP contribution in [0.5, 0.6) is 5.75 Å². The number of phenolic OH excluding ortho intramolecular Hbond substituents is 1. The molecule has 0 saturated carbocycles. The van der Waals surface area contributed by atoms with E-state index in [1.165, 1.54) is 16.5 Å². The fraction of sp³-hybridized carbons (Fsp3) is 0.286. The Morgan fingerprint density at radius 1 is 1.13 bits per heavy atom. The third-order valence-corrected chi connectivity index (χ3v) is 2.86. The summed E-state index contributed by atoms with van der Waals surface area (Å²) in [5, 5.41) is 12.0. The van der Waals surface area contributed by atoms with Crippen molar-refractivity contribution in [3.8, 4) is 5.75 Å². The molecule has 0 radical (unpaired) electrons. The molecule has 0 spiro atoms. The van der Waals surface area contributed by atoms with Crippen LogP contribution in [-0.4, -0.2) is 5.11 Å². The van der Waals surface area contributed by atoms with Gasteiger partial charge < -0.3 is 5.11 Å². The molecule has 1 N–H and O–H groups in total. The number of aryl methyl sites for hydroxylation is 2. The number of rotatable bonds is 2. The average Bonchev–Trinajstić information content (AvgIpc) is 2.24. The Morgan fingerprint density at radius 3 is 2.47 bits per heavy atom. The molecule has 0 fully saturated rings. The zero-order valence-electron chi connectivity index (χ0n) is 9.25. The summed E-state index contributed by atoms with van der Waals surface area (Å²) in [6.45, 7) is 4.25. The molecular formula is C14H16O. The predicted molar refractivity (Wildman–Crippen MR) is 64.3 cm³/mol. The lowest BCUT2D eigenvalue weighted by Gasteiger charge is -2.10. The van der Waals surface area contributed by atoms with Gasteiger partial charge in [0.1, 0.15) is 5.75 Å². The first kappa shape index (κ1) is 10.0. The van der Waals surface area contributed by atoms with Gasteiger partial charge in [0, 0.05) is 5.39 Å². The van der Waals surface area contributed by atoms with Crippen molar-refractivity contribution in [2.75, 3.05) is 0 Å². The van der Waals surface area contributed by atoms with Crippen molar-refractivity contribution in [2.24, 2.45) is 0 Å². The van der Waals surface area contributed by atoms with E-state index in [1.54, 1.807) is 0 Å². The van der Waals surface area contributed by atoms with Gasteiger partial charge in [-0.2, -0.15) is 0 Å². The van der Waals surface area contributed by atoms with E-state index < -0.39 is 0 Å². The Morgan fingerprint density at radius 2 is 1.80 bits per heavy atom. The van der Waals surface area contributed by atoms with E-state index in [2.05, 4.69) is 19.9 Å². The number of aromatic hydroxyl groups is 1. The first-order chi connectivity index (χ1) is 7.24. The highest BCUT2D eigenvalue weighted by molar-refractivity contribution is 5.91. The molecule has 15 heavy (non-hydrogen) atoms. The molecule has 2 rings (SSSR count). The Bertz CT molecular complexity index is 486. The average molecular weight is 200 g/mol. The van der Waals surface area contributed by atoms with Crippen LogP contribution < -0.4 is 0 Å². The molecule has 0 heterocycles. The molecule has 1 nitrogen and oxygen atoms in total. The second-order valence-electron chi connectivity index (χ2n) is 3.99. The molecular weight excluding hydrogens is 184 g/mol. The van der Waals surface area contributed by atoms with Crippen LogP contribution in [0.15, 0.2) is 30.3 Å². The zero-order valence-corrected chi connectivity index (χ0v) is 9.25. The summed E-state index contributed by atoms with van der Waals surface area (Å²) >= 11 is 0. The van der Waals surface area contributed by atoms with Crippen molar-refractivity contribution < 1.29 is 5.11 Å². The first-order valence-corrected chi connectivity index (χ1v) is 5.44. The van der Waals surface area contributed by atoms with Crippen LogP contribution in [0.1, 0.15) is 24.5 Å². The van der Waals surface area contributed by atoms with E-state index >= 15 is 0 Å². The van der Waals surface area contributed by atoms with Gasteiger partial charge in [0.2, 0.25) is 0 Å². The Balaban J connectivity index is 2.77. The highest BCUT2D eigenvalue weighted by atomic mass is 16.3. The SMILES string of the molecule is CCCc1c(C)cc(O)c2ccccc12. The maximum absolute atomic E-state index is 9.84. The number of hydrogen-bond donors (Lipinski definition) is 1. The molecule has 2 aromatic carbocycles. The molecule has 0 unspecified atom stereocenters. The minimum atomic E-state index is 0.392. The summed E-state index contributed by atoms with van der Waals surface area (Å²) in [6.07, 6.45) is 2.21. The van der Waals surface area contributed by atoms with Gasteiger partial charge in [-0.1, -0.05) is 37.6 Å². The summed E-state index contributed by atoms with van der Waals surface area (Å²) in [5.41, 5.74) is 2.55. The normalized spacial score (nSPS) is 10.8. The standard InChI is InChI=1S/C14H16O/c1-3-6-11-10(2)9-14(15)13-8-5-4-7-12(11)13/h4-5,7-9,15H,3,6H2,1-2H3. The summed E-state index contributed by atoms with van der Waals surface area (Å²) in [6, 6.07) is 9.93. The zero-order chi connectivity index (χ0) is 10.8. The maximum Gasteiger partial charge on any atom is 0.123 e. The quantitative estimate of drug-likeness (QED) is 0.781. The minimum absolute atomic E-state index is 0.392. The first-order valence-electron chi connectivity index (χ1n) is 5.44. The fourth-order valence-electron chi connectivity index (χ4n) is 2.13. The lowest BCUT2D eigenvalue weighted by Crippen LogP contribution is -1.91. The van der Waals surface area contributed by atoms with Crippen molar-refractivity contribution in [3.63, 3.8) is 0 Å². The lowest BCUT2D eigenvalue weighted by atomic mass is 9.96. The molecule has 0 aliphatic rings. The van der Waals surface area contributed by atoms with E-state index in [4.69, 9.17) is 0 Å². The summed E-state index contributed by atoms with van der Waals surface area (Å²) in [4.78, 5) is 0. The van der Waals surface area contributed by atoms with Crippen molar-refractivity contribution >= 4 is 10.8 Å². The second kappa shape index (κ2) is 3.93. The molecule has 0 atom stereocenters. The number of benzene rings is 2. The van der Waals surface area contributed by atoms with Crippen molar-refractivity contribution in [2.45, 2.75) is 26.7 Å². The van der Waals surface area contributed by atoms with Crippen LogP contribution in [0.25, 0.3) is 10.8 Å². The van der Waals surface area contributed by atoms with E-state index in [-0.39, 0.29) is 0 Å². The van der Waals surface area contributed by atoms with Crippen molar-refractivity contribution in [1.29, 1.82) is 0 Å². The van der Waals surface area contributed by atoms with Crippen LogP contribution in [0, 0.1) is 6.92 Å². The third kappa shape index (κ3) is 1.70. The Labute approximate surface area is 90.4 Å². The molecule has 0 aliphatic carbocycles. The van der Waals surface area contributed by atoms with Gasteiger partial charge in [0.25, 0.3) is 0 Å². The molecule has 1 heteroatoms. The van der Waals surface area contributed by atoms with Crippen molar-refractivity contribution in [1.82, 2.24) is 0 Å². The summed E-state index contributed by atoms with van der Waals surface area (Å²) in [7, 11) is 0. The Kier molecular flexibility index (Phi) is 2.63. The lowest BCUT2D eigenvalue weighted by molar-refractivity contribution is 0.481. The molecule has 0 bridgehead atoms. The fourth-order valence-corrected chi connectivity index (χ4v) is 2.13. The van der Waals surface area contributed by atoms with E-state index in [1.807, 2.05) is 24.3 Å². The minimum Gasteiger partial charge on any atom is -0.507 e. The summed E-state index contributed by atoms with van der Waals surface area (Å²) in [5.74, 6) is 0.392. The van der Waals surface area contributed by atoms with Crippen LogP contribution in [-0.2, 0) is 6.42 Å². The smallest absolute Gasteiger partial charge is 0.123 e. The molecule has 78 valence electrons. The van der Waals surface area contributed by atoms with E-state index in [0.717, 1.165) is 18.2 Å². The molecule has 0 amide bonds. The van der Waals surface area contributed by atoms with E-state index in [0.29, 0.717) is 5.75 Å². The van der Waals surface area contributed by atoms with Crippen LogP contribution >= 0.6 is 0 Å². The van der Waals surface area contributed by atoms with Crippen molar-refractivity contribution in [3.05, 3.63) is 41.5 Å². The van der Waals surface area contributed by atoms with Gasteiger partial charge in [-0.25, -0.2) is 0 Å². The summed E-state index contributed by atoms with van der Waals surface area (Å²) < 4.78 is 0. The van der Waals surface area contributed by atoms with E-state index in [9.17, 15) is 5.11 Å². The number of hydrogen-bond acceptors (Lipinski definition) is 1. The number of fused-ring (bicyclic) bond motifs is 1. The molecule has 0 saturated heterocycles. The number of phenols is 1. The Hall–Kier alpha value is -1.50. The maximum atomic E-state index is 9.84. The third-order valence-electron chi connectivity index (χ3n) is 2.86. The monoisotopic (exact) mass is 200 g/mol. The van der Waals surface area contributed by atoms with Crippen LogP contribution in [0.4, 0.5) is 0 Å². The largest absolute Gasteiger partial charge is 0.507 e. The van der Waals surface area contributed by atoms with Gasteiger partial charge >= 0.3 is 0 Å². The van der Waals surface area contributed by atoms with Gasteiger partial charge in [0.15, 0.2) is 0 Å². The molecule has 2 aromatic rings. The van der Waals surface area contributed by atoms with Crippen LogP contribution in [0.3, 0.4) is 0 Å². The highest BCUT2D eigenvalue weighted by Crippen LogP contribution is 2.30. The topological polar surface area (TPSA) is 20.2 Å². The van der Waals surface area contributed by atoms with Gasteiger partial charge in [-0.05, 0) is 35.9 Å². The molecule has 0 aromatic heterocycles. The van der Waals surface area contributed by atoms with Gasteiger partial charge in [-0.3, -0.25) is 0 Å².